The van der Waals surface area contributed by atoms with E-state index in [4.69, 9.17) is 9.15 Å². The number of hydrogen-bond donors (Lipinski definition) is 0. The molecule has 7 nitrogen and oxygen atoms in total. The van der Waals surface area contributed by atoms with E-state index in [1.165, 1.54) is 0 Å². The van der Waals surface area contributed by atoms with E-state index < -0.39 is 0 Å². The number of carbonyl (C=O) groups is 1. The number of methoxy groups -OCH3 is 1. The SMILES string of the molecule is COc1ccccc1Cc1cnc([C@@H]2CCCCN2C(=O)Cn2cc(C)cn2)o1. The number of hydrogen-bond acceptors (Lipinski definition) is 5. The molecule has 1 fully saturated rings. The first kappa shape index (κ1) is 19.2. The van der Waals surface area contributed by atoms with Crippen LogP contribution in [0, 0.1) is 6.92 Å². The average Bonchev–Trinajstić information content (AvgIpc) is 3.37. The molecule has 1 atom stereocenters. The lowest BCUT2D eigenvalue weighted by molar-refractivity contribution is -0.136. The second-order valence-electron chi connectivity index (χ2n) is 7.47. The number of ether oxygens (including phenoxy) is 1. The number of rotatable bonds is 6. The molecule has 29 heavy (non-hydrogen) atoms. The normalized spacial score (nSPS) is 16.8. The second-order valence-corrected chi connectivity index (χ2v) is 7.47. The van der Waals surface area contributed by atoms with Crippen LogP contribution in [0.3, 0.4) is 0 Å². The molecule has 152 valence electrons. The summed E-state index contributed by atoms with van der Waals surface area (Å²) >= 11 is 0. The van der Waals surface area contributed by atoms with Crippen molar-refractivity contribution in [2.75, 3.05) is 13.7 Å². The predicted octanol–water partition coefficient (Wildman–Crippen LogP) is 3.53. The molecule has 0 saturated carbocycles. The minimum absolute atomic E-state index is 0.0438. The summed E-state index contributed by atoms with van der Waals surface area (Å²) in [4.78, 5) is 19.3. The van der Waals surface area contributed by atoms with Gasteiger partial charge in [-0.3, -0.25) is 9.48 Å². The van der Waals surface area contributed by atoms with Gasteiger partial charge >= 0.3 is 0 Å². The molecule has 2 aromatic heterocycles. The number of nitrogens with zero attached hydrogens (tertiary/aromatic N) is 4. The van der Waals surface area contributed by atoms with Crippen LogP contribution < -0.4 is 4.74 Å². The number of para-hydroxylation sites is 1. The zero-order valence-corrected chi connectivity index (χ0v) is 16.9. The highest BCUT2D eigenvalue weighted by Crippen LogP contribution is 2.31. The first-order valence-electron chi connectivity index (χ1n) is 9.99. The zero-order chi connectivity index (χ0) is 20.2. The Balaban J connectivity index is 1.49. The Morgan fingerprint density at radius 3 is 2.93 bits per heavy atom. The molecule has 0 bridgehead atoms. The molecule has 1 aliphatic heterocycles. The Bertz CT molecular complexity index is 978. The summed E-state index contributed by atoms with van der Waals surface area (Å²) in [7, 11) is 1.66. The molecule has 1 aromatic carbocycles. The van der Waals surface area contributed by atoms with E-state index in [0.29, 0.717) is 18.9 Å². The topological polar surface area (TPSA) is 73.4 Å². The number of oxazole rings is 1. The number of piperidine rings is 1. The number of benzene rings is 1. The lowest BCUT2D eigenvalue weighted by Gasteiger charge is -2.33. The van der Waals surface area contributed by atoms with Gasteiger partial charge in [0.1, 0.15) is 24.1 Å². The summed E-state index contributed by atoms with van der Waals surface area (Å²) in [6.07, 6.45) is 8.92. The molecule has 1 amide bonds. The molecule has 0 spiro atoms. The minimum atomic E-state index is -0.126. The van der Waals surface area contributed by atoms with E-state index in [-0.39, 0.29) is 18.5 Å². The molecule has 0 aliphatic carbocycles. The van der Waals surface area contributed by atoms with Gasteiger partial charge in [-0.05, 0) is 37.8 Å². The van der Waals surface area contributed by atoms with Gasteiger partial charge in [0, 0.05) is 24.7 Å². The first-order valence-corrected chi connectivity index (χ1v) is 9.99. The van der Waals surface area contributed by atoms with Crippen molar-refractivity contribution in [3.63, 3.8) is 0 Å². The molecule has 0 unspecified atom stereocenters. The van der Waals surface area contributed by atoms with Crippen LogP contribution in [0.4, 0.5) is 0 Å². The molecule has 7 heteroatoms. The van der Waals surface area contributed by atoms with Gasteiger partial charge in [0.15, 0.2) is 0 Å². The molecular weight excluding hydrogens is 368 g/mol. The van der Waals surface area contributed by atoms with E-state index in [2.05, 4.69) is 10.1 Å². The summed E-state index contributed by atoms with van der Waals surface area (Å²) in [6, 6.07) is 7.75. The van der Waals surface area contributed by atoms with Crippen molar-refractivity contribution in [3.05, 3.63) is 65.6 Å². The summed E-state index contributed by atoms with van der Waals surface area (Å²) in [5.41, 5.74) is 2.09. The van der Waals surface area contributed by atoms with Crippen molar-refractivity contribution in [2.24, 2.45) is 0 Å². The summed E-state index contributed by atoms with van der Waals surface area (Å²) in [5, 5.41) is 4.23. The molecule has 4 rings (SSSR count). The predicted molar refractivity (Wildman–Crippen MR) is 108 cm³/mol. The maximum absolute atomic E-state index is 12.9. The van der Waals surface area contributed by atoms with Gasteiger partial charge in [-0.25, -0.2) is 4.98 Å². The Hall–Kier alpha value is -3.09. The standard InChI is InChI=1S/C22H26N4O3/c1-16-12-24-25(14-16)15-21(27)26-10-6-5-8-19(26)22-23-13-18(29-22)11-17-7-3-4-9-20(17)28-2/h3-4,7,9,12-14,19H,5-6,8,10-11,15H2,1-2H3/t19-/m0/s1. The molecule has 3 aromatic rings. The Kier molecular flexibility index (Phi) is 5.64. The third kappa shape index (κ3) is 4.34. The molecule has 1 aliphatic rings. The van der Waals surface area contributed by atoms with Gasteiger partial charge in [-0.1, -0.05) is 18.2 Å². The smallest absolute Gasteiger partial charge is 0.244 e. The summed E-state index contributed by atoms with van der Waals surface area (Å²) in [5.74, 6) is 2.25. The van der Waals surface area contributed by atoms with Crippen LogP contribution in [0.1, 0.15) is 48.1 Å². The minimum Gasteiger partial charge on any atom is -0.496 e. The number of carbonyl (C=O) groups excluding carboxylic acids is 1. The fourth-order valence-electron chi connectivity index (χ4n) is 3.86. The van der Waals surface area contributed by atoms with Crippen LogP contribution in [0.25, 0.3) is 0 Å². The summed E-state index contributed by atoms with van der Waals surface area (Å²) in [6.45, 7) is 2.92. The molecule has 1 saturated heterocycles. The number of aryl methyl sites for hydroxylation is 1. The van der Waals surface area contributed by atoms with Crippen LogP contribution in [0.15, 0.2) is 47.3 Å². The van der Waals surface area contributed by atoms with Crippen LogP contribution >= 0.6 is 0 Å². The van der Waals surface area contributed by atoms with E-state index in [1.54, 1.807) is 24.2 Å². The fraction of sp³-hybridized carbons (Fsp3) is 0.409. The van der Waals surface area contributed by atoms with E-state index >= 15 is 0 Å². The highest BCUT2D eigenvalue weighted by molar-refractivity contribution is 5.76. The number of aromatic nitrogens is 3. The van der Waals surface area contributed by atoms with Crippen LogP contribution in [0.5, 0.6) is 5.75 Å². The highest BCUT2D eigenvalue weighted by Gasteiger charge is 2.31. The zero-order valence-electron chi connectivity index (χ0n) is 16.9. The molecular formula is C22H26N4O3. The van der Waals surface area contributed by atoms with Gasteiger partial charge in [0.2, 0.25) is 11.8 Å². The third-order valence-corrected chi connectivity index (χ3v) is 5.30. The van der Waals surface area contributed by atoms with Crippen LogP contribution in [-0.4, -0.2) is 39.2 Å². The van der Waals surface area contributed by atoms with Crippen molar-refractivity contribution >= 4 is 5.91 Å². The maximum Gasteiger partial charge on any atom is 0.244 e. The quantitative estimate of drug-likeness (QED) is 0.639. The first-order chi connectivity index (χ1) is 14.1. The largest absolute Gasteiger partial charge is 0.496 e. The monoisotopic (exact) mass is 394 g/mol. The van der Waals surface area contributed by atoms with E-state index in [9.17, 15) is 4.79 Å². The van der Waals surface area contributed by atoms with Crippen LogP contribution in [-0.2, 0) is 17.8 Å². The Morgan fingerprint density at radius 1 is 1.28 bits per heavy atom. The number of likely N-dealkylation sites (tertiary alicyclic amines) is 1. The van der Waals surface area contributed by atoms with Crippen molar-refractivity contribution < 1.29 is 13.9 Å². The molecule has 3 heterocycles. The second kappa shape index (κ2) is 8.51. The van der Waals surface area contributed by atoms with Crippen molar-refractivity contribution in [3.8, 4) is 5.75 Å². The maximum atomic E-state index is 12.9. The van der Waals surface area contributed by atoms with Crippen molar-refractivity contribution in [1.82, 2.24) is 19.7 Å². The van der Waals surface area contributed by atoms with Gasteiger partial charge < -0.3 is 14.1 Å². The van der Waals surface area contributed by atoms with E-state index in [0.717, 1.165) is 41.9 Å². The third-order valence-electron chi connectivity index (χ3n) is 5.30. The fourth-order valence-corrected chi connectivity index (χ4v) is 3.86. The van der Waals surface area contributed by atoms with Gasteiger partial charge in [0.05, 0.1) is 19.5 Å². The van der Waals surface area contributed by atoms with Gasteiger partial charge in [-0.2, -0.15) is 5.10 Å². The lowest BCUT2D eigenvalue weighted by Crippen LogP contribution is -2.40. The van der Waals surface area contributed by atoms with Crippen molar-refractivity contribution in [2.45, 2.75) is 45.2 Å². The lowest BCUT2D eigenvalue weighted by atomic mass is 10.0. The van der Waals surface area contributed by atoms with Gasteiger partial charge in [-0.15, -0.1) is 0 Å². The Labute approximate surface area is 170 Å². The van der Waals surface area contributed by atoms with Gasteiger partial charge in [0.25, 0.3) is 0 Å². The summed E-state index contributed by atoms with van der Waals surface area (Å²) < 4.78 is 13.2. The number of amides is 1. The van der Waals surface area contributed by atoms with Crippen LogP contribution in [0.2, 0.25) is 0 Å². The highest BCUT2D eigenvalue weighted by atomic mass is 16.5. The average molecular weight is 394 g/mol. The molecule has 0 radical (unpaired) electrons. The molecule has 0 N–H and O–H groups in total. The van der Waals surface area contributed by atoms with E-state index in [1.807, 2.05) is 42.3 Å². The Morgan fingerprint density at radius 2 is 2.14 bits per heavy atom. The van der Waals surface area contributed by atoms with Crippen molar-refractivity contribution in [1.29, 1.82) is 0 Å².